The summed E-state index contributed by atoms with van der Waals surface area (Å²) in [5.74, 6) is -1.65. The van der Waals surface area contributed by atoms with Crippen LogP contribution >= 0.6 is 0 Å². The Bertz CT molecular complexity index is 1450. The Morgan fingerprint density at radius 1 is 1.14 bits per heavy atom. The molecule has 3 heterocycles. The Labute approximate surface area is 243 Å². The summed E-state index contributed by atoms with van der Waals surface area (Å²) in [5.41, 5.74) is 1.16. The van der Waals surface area contributed by atoms with E-state index in [1.165, 1.54) is 19.2 Å². The minimum Gasteiger partial charge on any atom is -0.497 e. The molecule has 1 aliphatic heterocycles. The van der Waals surface area contributed by atoms with Gasteiger partial charge in [-0.3, -0.25) is 9.59 Å². The van der Waals surface area contributed by atoms with Crippen molar-refractivity contribution >= 4 is 34.6 Å². The van der Waals surface area contributed by atoms with Crippen LogP contribution in [0.15, 0.2) is 30.5 Å². The number of amides is 2. The standard InChI is InChI=1S/C29H37F2N7O4/c1-6-7-10-28(3,15-34-18(2)39)37-25-24-22(11-20(14-32-24)26(40)38-16-29(30,31)17-38)35-27(36-25)33-13-19-8-9-21(41-4)12-23(19)42-5/h8-9,11-12,14H,6-7,10,13,15-17H2,1-5H3,(H,34,39)(H2,33,35,36,37)/t28-/m1/s1. The van der Waals surface area contributed by atoms with Crippen molar-refractivity contribution in [1.82, 2.24) is 25.2 Å². The minimum atomic E-state index is -2.88. The average Bonchev–Trinajstić information content (AvgIpc) is 2.96. The summed E-state index contributed by atoms with van der Waals surface area (Å²) in [4.78, 5) is 39.5. The van der Waals surface area contributed by atoms with Crippen LogP contribution in [-0.4, -0.2) is 77.0 Å². The molecular formula is C29H37F2N7O4. The molecule has 4 rings (SSSR count). The van der Waals surface area contributed by atoms with Crippen molar-refractivity contribution in [2.45, 2.75) is 58.0 Å². The number of likely N-dealkylation sites (tertiary alicyclic amines) is 1. The van der Waals surface area contributed by atoms with Crippen molar-refractivity contribution < 1.29 is 27.8 Å². The van der Waals surface area contributed by atoms with Crippen LogP contribution in [0.3, 0.4) is 0 Å². The summed E-state index contributed by atoms with van der Waals surface area (Å²) in [6, 6.07) is 6.98. The predicted octanol–water partition coefficient (Wildman–Crippen LogP) is 4.24. The Morgan fingerprint density at radius 2 is 1.90 bits per heavy atom. The van der Waals surface area contributed by atoms with Gasteiger partial charge in [-0.15, -0.1) is 0 Å². The molecule has 3 N–H and O–H groups in total. The molecule has 2 aromatic heterocycles. The number of methoxy groups -OCH3 is 2. The van der Waals surface area contributed by atoms with Crippen molar-refractivity contribution in [3.05, 3.63) is 41.6 Å². The quantitative estimate of drug-likeness (QED) is 0.270. The molecule has 2 amide bonds. The number of carbonyl (C=O) groups excluding carboxylic acids is 2. The third kappa shape index (κ3) is 7.31. The molecule has 1 fully saturated rings. The number of unbranched alkanes of at least 4 members (excludes halogenated alkanes) is 1. The molecular weight excluding hydrogens is 548 g/mol. The highest BCUT2D eigenvalue weighted by atomic mass is 19.3. The Hall–Kier alpha value is -4.29. The maximum Gasteiger partial charge on any atom is 0.282 e. The lowest BCUT2D eigenvalue weighted by molar-refractivity contribution is -0.119. The molecule has 0 unspecified atom stereocenters. The summed E-state index contributed by atoms with van der Waals surface area (Å²) in [7, 11) is 3.14. The first-order valence-corrected chi connectivity index (χ1v) is 13.8. The van der Waals surface area contributed by atoms with Crippen LogP contribution in [0.5, 0.6) is 11.5 Å². The second-order valence-corrected chi connectivity index (χ2v) is 10.7. The Balaban J connectivity index is 1.70. The van der Waals surface area contributed by atoms with Gasteiger partial charge < -0.3 is 30.3 Å². The van der Waals surface area contributed by atoms with Crippen LogP contribution in [0.2, 0.25) is 0 Å². The zero-order chi connectivity index (χ0) is 30.5. The summed E-state index contributed by atoms with van der Waals surface area (Å²) >= 11 is 0. The monoisotopic (exact) mass is 585 g/mol. The predicted molar refractivity (Wildman–Crippen MR) is 155 cm³/mol. The first-order chi connectivity index (χ1) is 20.0. The fourth-order valence-corrected chi connectivity index (χ4v) is 4.68. The minimum absolute atomic E-state index is 0.150. The van der Waals surface area contributed by atoms with Gasteiger partial charge >= 0.3 is 0 Å². The van der Waals surface area contributed by atoms with E-state index < -0.39 is 30.5 Å². The van der Waals surface area contributed by atoms with Gasteiger partial charge in [0.05, 0.1) is 43.9 Å². The van der Waals surface area contributed by atoms with E-state index in [2.05, 4.69) is 32.8 Å². The molecule has 226 valence electrons. The average molecular weight is 586 g/mol. The number of aromatic nitrogens is 3. The number of rotatable bonds is 13. The lowest BCUT2D eigenvalue weighted by Crippen LogP contribution is -2.58. The van der Waals surface area contributed by atoms with Gasteiger partial charge in [0.15, 0.2) is 5.82 Å². The molecule has 1 aliphatic rings. The van der Waals surface area contributed by atoms with Gasteiger partial charge in [-0.1, -0.05) is 19.8 Å². The Kier molecular flexibility index (Phi) is 9.27. The molecule has 42 heavy (non-hydrogen) atoms. The Morgan fingerprint density at radius 3 is 2.55 bits per heavy atom. The van der Waals surface area contributed by atoms with Crippen LogP contribution in [-0.2, 0) is 11.3 Å². The number of carbonyl (C=O) groups is 2. The van der Waals surface area contributed by atoms with Gasteiger partial charge in [-0.05, 0) is 31.5 Å². The van der Waals surface area contributed by atoms with Crippen LogP contribution in [0.25, 0.3) is 11.0 Å². The van der Waals surface area contributed by atoms with Crippen molar-refractivity contribution in [3.8, 4) is 11.5 Å². The smallest absolute Gasteiger partial charge is 0.282 e. The number of fused-ring (bicyclic) bond motifs is 1. The molecule has 0 spiro atoms. The molecule has 1 aromatic carbocycles. The van der Waals surface area contributed by atoms with E-state index in [-0.39, 0.29) is 17.4 Å². The summed E-state index contributed by atoms with van der Waals surface area (Å²) in [6.45, 7) is 4.94. The number of anilines is 2. The van der Waals surface area contributed by atoms with E-state index in [1.54, 1.807) is 20.3 Å². The molecule has 0 radical (unpaired) electrons. The van der Waals surface area contributed by atoms with Crippen LogP contribution in [0, 0.1) is 0 Å². The highest BCUT2D eigenvalue weighted by Gasteiger charge is 2.46. The van der Waals surface area contributed by atoms with Gasteiger partial charge in [-0.2, -0.15) is 4.98 Å². The van der Waals surface area contributed by atoms with Gasteiger partial charge in [-0.25, -0.2) is 18.7 Å². The highest BCUT2D eigenvalue weighted by molar-refractivity contribution is 5.98. The first-order valence-electron chi connectivity index (χ1n) is 13.8. The van der Waals surface area contributed by atoms with Crippen molar-refractivity contribution in [1.29, 1.82) is 0 Å². The van der Waals surface area contributed by atoms with E-state index in [0.29, 0.717) is 41.4 Å². The maximum absolute atomic E-state index is 13.4. The molecule has 1 saturated heterocycles. The van der Waals surface area contributed by atoms with Crippen molar-refractivity contribution in [2.24, 2.45) is 0 Å². The van der Waals surface area contributed by atoms with Gasteiger partial charge in [0.1, 0.15) is 17.0 Å². The number of hydrogen-bond donors (Lipinski definition) is 3. The van der Waals surface area contributed by atoms with Gasteiger partial charge in [0.25, 0.3) is 11.8 Å². The number of nitrogens with zero attached hydrogens (tertiary/aromatic N) is 4. The lowest BCUT2D eigenvalue weighted by Gasteiger charge is -2.38. The van der Waals surface area contributed by atoms with E-state index in [9.17, 15) is 18.4 Å². The second kappa shape index (κ2) is 12.7. The summed E-state index contributed by atoms with van der Waals surface area (Å²) in [5, 5.41) is 9.57. The molecule has 0 bridgehead atoms. The van der Waals surface area contributed by atoms with Crippen molar-refractivity contribution in [2.75, 3.05) is 44.5 Å². The third-order valence-electron chi connectivity index (χ3n) is 7.08. The van der Waals surface area contributed by atoms with E-state index >= 15 is 0 Å². The zero-order valence-electron chi connectivity index (χ0n) is 24.5. The topological polar surface area (TPSA) is 131 Å². The molecule has 1 atom stereocenters. The van der Waals surface area contributed by atoms with Gasteiger partial charge in [0, 0.05) is 37.8 Å². The fraction of sp³-hybridized carbons (Fsp3) is 0.483. The van der Waals surface area contributed by atoms with E-state index in [4.69, 9.17) is 14.5 Å². The zero-order valence-corrected chi connectivity index (χ0v) is 24.5. The summed E-state index contributed by atoms with van der Waals surface area (Å²) in [6.07, 6.45) is 3.95. The first kappa shape index (κ1) is 30.7. The SMILES string of the molecule is CCCC[C@](C)(CNC(C)=O)Nc1nc(NCc2ccc(OC)cc2OC)nc2cc(C(=O)N3CC(F)(F)C3)cnc12. The number of nitrogens with one attached hydrogen (secondary N) is 3. The van der Waals surface area contributed by atoms with E-state index in [0.717, 1.165) is 29.7 Å². The number of halogens is 2. The number of alkyl halides is 2. The van der Waals surface area contributed by atoms with Gasteiger partial charge in [0.2, 0.25) is 11.9 Å². The number of benzene rings is 1. The number of ether oxygens (including phenoxy) is 2. The molecule has 13 heteroatoms. The largest absolute Gasteiger partial charge is 0.497 e. The normalized spacial score (nSPS) is 15.4. The van der Waals surface area contributed by atoms with Crippen molar-refractivity contribution in [3.63, 3.8) is 0 Å². The molecule has 11 nitrogen and oxygen atoms in total. The lowest BCUT2D eigenvalue weighted by atomic mass is 9.94. The maximum atomic E-state index is 13.4. The number of pyridine rings is 1. The van der Waals surface area contributed by atoms with Crippen LogP contribution in [0.1, 0.15) is 56.0 Å². The highest BCUT2D eigenvalue weighted by Crippen LogP contribution is 2.31. The molecule has 3 aromatic rings. The van der Waals surface area contributed by atoms with E-state index in [1.807, 2.05) is 19.1 Å². The molecule has 0 aliphatic carbocycles. The fourth-order valence-electron chi connectivity index (χ4n) is 4.68. The van der Waals surface area contributed by atoms with Crippen LogP contribution in [0.4, 0.5) is 20.5 Å². The third-order valence-corrected chi connectivity index (χ3v) is 7.08. The summed E-state index contributed by atoms with van der Waals surface area (Å²) < 4.78 is 37.6. The number of hydrogen-bond acceptors (Lipinski definition) is 9. The molecule has 0 saturated carbocycles. The second-order valence-electron chi connectivity index (χ2n) is 10.7. The van der Waals surface area contributed by atoms with Crippen LogP contribution < -0.4 is 25.4 Å².